The zero-order chi connectivity index (χ0) is 46.9. The number of nitrogens with zero attached hydrogens (tertiary/aromatic N) is 6. The van der Waals surface area contributed by atoms with Crippen molar-refractivity contribution in [3.63, 3.8) is 0 Å². The molecule has 8 rings (SSSR count). The number of aromatic nitrogens is 2. The molecule has 3 aromatic carbocycles. The van der Waals surface area contributed by atoms with E-state index in [0.29, 0.717) is 41.1 Å². The zero-order valence-electron chi connectivity index (χ0n) is 38.5. The number of piperidine rings is 2. The number of anilines is 5. The van der Waals surface area contributed by atoms with Crippen molar-refractivity contribution in [2.24, 2.45) is 5.92 Å². The van der Waals surface area contributed by atoms with E-state index in [1.54, 1.807) is 63.4 Å². The van der Waals surface area contributed by atoms with Gasteiger partial charge in [0, 0.05) is 79.0 Å². The summed E-state index contributed by atoms with van der Waals surface area (Å²) in [6, 6.07) is 19.1. The van der Waals surface area contributed by atoms with E-state index in [-0.39, 0.29) is 29.8 Å². The van der Waals surface area contributed by atoms with Crippen molar-refractivity contribution in [1.29, 1.82) is 0 Å². The SMILES string of the molecule is Cc1cnc(Nc2ccc(OCCN3CCC(CN4CC(C)N(c5ccc6c(c5)C(=O)N(C5CCC(=O)NC5=O)C6=O)C(C)C4)CC3)cc2)nc1Nc1cccc(S(=O)(=O)NC(C)(C)C)c1. The van der Waals surface area contributed by atoms with Gasteiger partial charge in [-0.25, -0.2) is 18.1 Å². The van der Waals surface area contributed by atoms with Crippen LogP contribution in [0.5, 0.6) is 5.75 Å². The molecular weight excluding hydrogens is 861 g/mol. The van der Waals surface area contributed by atoms with Crippen molar-refractivity contribution in [1.82, 2.24) is 34.7 Å². The number of piperazine rings is 1. The number of aryl methyl sites for hydroxylation is 1. The van der Waals surface area contributed by atoms with Crippen LogP contribution >= 0.6 is 0 Å². The predicted molar refractivity (Wildman–Crippen MR) is 252 cm³/mol. The zero-order valence-corrected chi connectivity index (χ0v) is 39.3. The molecule has 0 saturated carbocycles. The number of benzene rings is 3. The van der Waals surface area contributed by atoms with Crippen molar-refractivity contribution in [2.45, 2.75) is 95.8 Å². The third-order valence-corrected chi connectivity index (χ3v) is 14.3. The first kappa shape index (κ1) is 46.6. The second-order valence-electron chi connectivity index (χ2n) is 19.0. The van der Waals surface area contributed by atoms with Gasteiger partial charge in [-0.2, -0.15) is 4.98 Å². The van der Waals surface area contributed by atoms with E-state index in [0.717, 1.165) is 79.7 Å². The van der Waals surface area contributed by atoms with E-state index < -0.39 is 45.2 Å². The molecule has 5 heterocycles. The number of nitrogens with one attached hydrogen (secondary N) is 4. The molecule has 1 aromatic heterocycles. The molecule has 4 amide bonds. The van der Waals surface area contributed by atoms with Crippen LogP contribution in [0.2, 0.25) is 0 Å². The number of rotatable bonds is 14. The minimum atomic E-state index is -3.71. The lowest BCUT2D eigenvalue weighted by Gasteiger charge is -2.47. The Morgan fingerprint density at radius 3 is 2.24 bits per heavy atom. The lowest BCUT2D eigenvalue weighted by molar-refractivity contribution is -0.136. The van der Waals surface area contributed by atoms with Crippen molar-refractivity contribution < 1.29 is 32.3 Å². The van der Waals surface area contributed by atoms with Gasteiger partial charge < -0.3 is 20.3 Å². The molecule has 4 N–H and O–H groups in total. The number of imide groups is 2. The Bertz CT molecular complexity index is 2580. The van der Waals surface area contributed by atoms with Gasteiger partial charge in [-0.1, -0.05) is 6.07 Å². The largest absolute Gasteiger partial charge is 0.492 e. The Labute approximate surface area is 386 Å². The molecule has 4 aliphatic rings. The van der Waals surface area contributed by atoms with E-state index in [9.17, 15) is 27.6 Å². The van der Waals surface area contributed by atoms with Gasteiger partial charge in [0.2, 0.25) is 27.8 Å². The Morgan fingerprint density at radius 2 is 1.55 bits per heavy atom. The number of carbonyl (C=O) groups is 4. The summed E-state index contributed by atoms with van der Waals surface area (Å²) in [7, 11) is -3.71. The molecular formula is C48H60N10O7S. The van der Waals surface area contributed by atoms with E-state index in [1.807, 2.05) is 37.3 Å². The summed E-state index contributed by atoms with van der Waals surface area (Å²) in [6.45, 7) is 17.9. The number of amides is 4. The van der Waals surface area contributed by atoms with Crippen LogP contribution in [0.4, 0.5) is 28.8 Å². The molecule has 3 fully saturated rings. The maximum atomic E-state index is 13.5. The predicted octanol–water partition coefficient (Wildman–Crippen LogP) is 5.44. The third kappa shape index (κ3) is 10.7. The molecule has 0 radical (unpaired) electrons. The van der Waals surface area contributed by atoms with Crippen LogP contribution in [0.25, 0.3) is 0 Å². The van der Waals surface area contributed by atoms with Gasteiger partial charge in [-0.3, -0.25) is 39.2 Å². The first-order chi connectivity index (χ1) is 31.4. The van der Waals surface area contributed by atoms with Crippen LogP contribution in [0.15, 0.2) is 77.8 Å². The van der Waals surface area contributed by atoms with Crippen molar-refractivity contribution in [3.05, 3.63) is 89.6 Å². The van der Waals surface area contributed by atoms with Crippen LogP contribution in [0.3, 0.4) is 0 Å². The summed E-state index contributed by atoms with van der Waals surface area (Å²) < 4.78 is 34.6. The van der Waals surface area contributed by atoms with Gasteiger partial charge in [-0.05, 0) is 140 Å². The minimum Gasteiger partial charge on any atom is -0.492 e. The quantitative estimate of drug-likeness (QED) is 0.117. The molecule has 0 spiro atoms. The number of likely N-dealkylation sites (tertiary alicyclic amines) is 1. The highest BCUT2D eigenvalue weighted by atomic mass is 32.2. The molecule has 4 aromatic rings. The minimum absolute atomic E-state index is 0.0870. The van der Waals surface area contributed by atoms with Crippen molar-refractivity contribution in [2.75, 3.05) is 61.4 Å². The highest BCUT2D eigenvalue weighted by Crippen LogP contribution is 2.34. The van der Waals surface area contributed by atoms with Crippen LogP contribution in [0.1, 0.15) is 86.6 Å². The maximum Gasteiger partial charge on any atom is 0.262 e. The molecule has 3 atom stereocenters. The fraction of sp³-hybridized carbons (Fsp3) is 0.458. The molecule has 0 bridgehead atoms. The summed E-state index contributed by atoms with van der Waals surface area (Å²) in [5, 5.41) is 8.74. The number of carbonyl (C=O) groups excluding carboxylic acids is 4. The number of hydrogen-bond acceptors (Lipinski definition) is 14. The Hall–Kier alpha value is -5.95. The Morgan fingerprint density at radius 1 is 0.833 bits per heavy atom. The van der Waals surface area contributed by atoms with E-state index >= 15 is 0 Å². The first-order valence-electron chi connectivity index (χ1n) is 22.7. The summed E-state index contributed by atoms with van der Waals surface area (Å²) in [4.78, 5) is 68.6. The number of ether oxygens (including phenoxy) is 1. The van der Waals surface area contributed by atoms with Gasteiger partial charge in [-0.15, -0.1) is 0 Å². The summed E-state index contributed by atoms with van der Waals surface area (Å²) in [6.07, 6.45) is 4.17. The van der Waals surface area contributed by atoms with Gasteiger partial charge in [0.15, 0.2) is 0 Å². The van der Waals surface area contributed by atoms with Gasteiger partial charge in [0.05, 0.1) is 16.0 Å². The monoisotopic (exact) mass is 920 g/mol. The molecule has 0 aliphatic carbocycles. The van der Waals surface area contributed by atoms with Gasteiger partial charge >= 0.3 is 0 Å². The lowest BCUT2D eigenvalue weighted by atomic mass is 9.95. The number of hydrogen-bond donors (Lipinski definition) is 4. The third-order valence-electron chi connectivity index (χ3n) is 12.5. The number of fused-ring (bicyclic) bond motifs is 1. The molecule has 18 heteroatoms. The fourth-order valence-electron chi connectivity index (χ4n) is 9.49. The second kappa shape index (κ2) is 19.1. The highest BCUT2D eigenvalue weighted by molar-refractivity contribution is 7.89. The number of sulfonamides is 1. The molecule has 3 unspecified atom stereocenters. The molecule has 17 nitrogen and oxygen atoms in total. The smallest absolute Gasteiger partial charge is 0.262 e. The summed E-state index contributed by atoms with van der Waals surface area (Å²) >= 11 is 0. The normalized spacial score (nSPS) is 21.2. The van der Waals surface area contributed by atoms with Crippen molar-refractivity contribution in [3.8, 4) is 5.75 Å². The average molecular weight is 921 g/mol. The highest BCUT2D eigenvalue weighted by Gasteiger charge is 2.45. The van der Waals surface area contributed by atoms with Gasteiger partial charge in [0.25, 0.3) is 11.8 Å². The van der Waals surface area contributed by atoms with Crippen LogP contribution in [0, 0.1) is 12.8 Å². The van der Waals surface area contributed by atoms with Crippen LogP contribution < -0.4 is 30.3 Å². The van der Waals surface area contributed by atoms with Crippen molar-refractivity contribution >= 4 is 62.5 Å². The second-order valence-corrected chi connectivity index (χ2v) is 20.7. The van der Waals surface area contributed by atoms with E-state index in [1.165, 1.54) is 0 Å². The molecule has 4 aliphatic heterocycles. The maximum absolute atomic E-state index is 13.5. The first-order valence-corrected chi connectivity index (χ1v) is 24.2. The topological polar surface area (TPSA) is 199 Å². The van der Waals surface area contributed by atoms with Crippen LogP contribution in [-0.4, -0.2) is 126 Å². The molecule has 350 valence electrons. The summed E-state index contributed by atoms with van der Waals surface area (Å²) in [5.74, 6) is 0.334. The molecule has 3 saturated heterocycles. The average Bonchev–Trinajstić information content (AvgIpc) is 3.50. The van der Waals surface area contributed by atoms with Crippen LogP contribution in [-0.2, 0) is 19.6 Å². The Kier molecular flexibility index (Phi) is 13.5. The summed E-state index contributed by atoms with van der Waals surface area (Å²) in [5.41, 5.74) is 3.05. The van der Waals surface area contributed by atoms with Gasteiger partial charge in [0.1, 0.15) is 24.2 Å². The van der Waals surface area contributed by atoms with E-state index in [4.69, 9.17) is 4.74 Å². The molecule has 66 heavy (non-hydrogen) atoms. The van der Waals surface area contributed by atoms with E-state index in [2.05, 4.69) is 59.2 Å². The lowest BCUT2D eigenvalue weighted by Crippen LogP contribution is -2.58. The fourth-order valence-corrected chi connectivity index (χ4v) is 11.0. The Balaban J connectivity index is 0.764. The standard InChI is InChI=1S/C48H60N10O7S/c1-30-26-49-47(53-43(30)50-35-8-7-9-38(24-35)66(63,64)54-48(4,5)6)51-34-10-13-37(14-11-34)65-23-22-55-20-18-33(19-21-55)29-56-27-31(2)57(32(3)28-56)36-12-15-39-40(25-36)46(62)58(45(39)61)41-16-17-42(59)52-44(41)60/h7-15,24-26,31-33,41,54H,16-23,27-29H2,1-6H3,(H,52,59,60)(H2,49,50,51,53).